The van der Waals surface area contributed by atoms with Crippen molar-refractivity contribution in [3.63, 3.8) is 0 Å². The molecule has 0 saturated carbocycles. The summed E-state index contributed by atoms with van der Waals surface area (Å²) in [6, 6.07) is 0.450. The Morgan fingerprint density at radius 1 is 1.35 bits per heavy atom. The smallest absolute Gasteiger partial charge is 0.0628 e. The molecule has 1 heterocycles. The molecule has 17 heavy (non-hydrogen) atoms. The lowest BCUT2D eigenvalue weighted by Gasteiger charge is -2.34. The molecular weight excluding hydrogens is 216 g/mol. The lowest BCUT2D eigenvalue weighted by atomic mass is 9.98. The Kier molecular flexibility index (Phi) is 7.77. The van der Waals surface area contributed by atoms with Crippen molar-refractivity contribution in [2.45, 2.75) is 25.8 Å². The molecule has 1 N–H and O–H groups in total. The first-order valence-corrected chi connectivity index (χ1v) is 6.73. The van der Waals surface area contributed by atoms with Crippen LogP contribution in [0.25, 0.3) is 0 Å². The van der Waals surface area contributed by atoms with Gasteiger partial charge in [-0.25, -0.2) is 0 Å². The molecule has 1 fully saturated rings. The van der Waals surface area contributed by atoms with E-state index in [1.807, 2.05) is 0 Å². The molecule has 102 valence electrons. The number of likely N-dealkylation sites (tertiary alicyclic amines) is 1. The summed E-state index contributed by atoms with van der Waals surface area (Å²) in [6.45, 7) is 8.30. The molecule has 1 rings (SSSR count). The molecule has 0 aromatic carbocycles. The maximum atomic E-state index is 5.26. The number of piperidine rings is 1. The minimum absolute atomic E-state index is 0.450. The Hall–Kier alpha value is -0.160. The maximum Gasteiger partial charge on any atom is 0.0628 e. The monoisotopic (exact) mass is 244 g/mol. The lowest BCUT2D eigenvalue weighted by Crippen LogP contribution is -2.47. The number of rotatable bonds is 8. The summed E-state index contributed by atoms with van der Waals surface area (Å²) in [5, 5.41) is 3.48. The zero-order valence-electron chi connectivity index (χ0n) is 11.6. The topological polar surface area (TPSA) is 33.7 Å². The van der Waals surface area contributed by atoms with Gasteiger partial charge in [-0.2, -0.15) is 0 Å². The summed E-state index contributed by atoms with van der Waals surface area (Å²) in [7, 11) is 3.57. The molecule has 0 spiro atoms. The van der Waals surface area contributed by atoms with Crippen LogP contribution < -0.4 is 5.32 Å². The van der Waals surface area contributed by atoms with E-state index in [2.05, 4.69) is 17.1 Å². The third-order valence-electron chi connectivity index (χ3n) is 3.34. The fraction of sp³-hybridized carbons (Fsp3) is 1.00. The van der Waals surface area contributed by atoms with Crippen molar-refractivity contribution >= 4 is 0 Å². The SMILES string of the molecule is CCNC(COC)CN1CCCC(COC)C1. The Morgan fingerprint density at radius 3 is 2.82 bits per heavy atom. The minimum atomic E-state index is 0.450. The molecule has 0 amide bonds. The van der Waals surface area contributed by atoms with Crippen molar-refractivity contribution in [1.29, 1.82) is 0 Å². The van der Waals surface area contributed by atoms with Gasteiger partial charge in [-0.1, -0.05) is 6.92 Å². The van der Waals surface area contributed by atoms with E-state index in [-0.39, 0.29) is 0 Å². The van der Waals surface area contributed by atoms with Gasteiger partial charge in [0.15, 0.2) is 0 Å². The predicted molar refractivity (Wildman–Crippen MR) is 70.4 cm³/mol. The number of ether oxygens (including phenoxy) is 2. The summed E-state index contributed by atoms with van der Waals surface area (Å²) in [4.78, 5) is 2.54. The lowest BCUT2D eigenvalue weighted by molar-refractivity contribution is 0.0750. The highest BCUT2D eigenvalue weighted by molar-refractivity contribution is 4.77. The third-order valence-corrected chi connectivity index (χ3v) is 3.34. The van der Waals surface area contributed by atoms with Crippen LogP contribution in [0.1, 0.15) is 19.8 Å². The average molecular weight is 244 g/mol. The van der Waals surface area contributed by atoms with E-state index in [1.165, 1.54) is 25.9 Å². The first-order valence-electron chi connectivity index (χ1n) is 6.73. The van der Waals surface area contributed by atoms with Gasteiger partial charge in [0.25, 0.3) is 0 Å². The van der Waals surface area contributed by atoms with E-state index < -0.39 is 0 Å². The molecule has 2 unspecified atom stereocenters. The van der Waals surface area contributed by atoms with E-state index in [9.17, 15) is 0 Å². The molecule has 0 bridgehead atoms. The van der Waals surface area contributed by atoms with Gasteiger partial charge >= 0.3 is 0 Å². The van der Waals surface area contributed by atoms with E-state index >= 15 is 0 Å². The van der Waals surface area contributed by atoms with Crippen molar-refractivity contribution in [2.24, 2.45) is 5.92 Å². The fourth-order valence-electron chi connectivity index (χ4n) is 2.67. The van der Waals surface area contributed by atoms with Gasteiger partial charge in [-0.3, -0.25) is 0 Å². The second-order valence-corrected chi connectivity index (χ2v) is 4.93. The molecule has 4 nitrogen and oxygen atoms in total. The first kappa shape index (κ1) is 14.9. The van der Waals surface area contributed by atoms with Gasteiger partial charge in [0.05, 0.1) is 13.2 Å². The number of hydrogen-bond donors (Lipinski definition) is 1. The number of nitrogens with one attached hydrogen (secondary N) is 1. The number of likely N-dealkylation sites (N-methyl/N-ethyl adjacent to an activating group) is 1. The normalized spacial score (nSPS) is 23.8. The fourth-order valence-corrected chi connectivity index (χ4v) is 2.67. The van der Waals surface area contributed by atoms with E-state index in [1.54, 1.807) is 14.2 Å². The molecule has 0 radical (unpaired) electrons. The second-order valence-electron chi connectivity index (χ2n) is 4.93. The molecule has 1 saturated heterocycles. The molecule has 0 aromatic rings. The average Bonchev–Trinajstić information content (AvgIpc) is 2.30. The van der Waals surface area contributed by atoms with Crippen LogP contribution in [0.2, 0.25) is 0 Å². The van der Waals surface area contributed by atoms with Crippen molar-refractivity contribution < 1.29 is 9.47 Å². The van der Waals surface area contributed by atoms with Gasteiger partial charge < -0.3 is 19.7 Å². The number of nitrogens with zero attached hydrogens (tertiary/aromatic N) is 1. The highest BCUT2D eigenvalue weighted by Crippen LogP contribution is 2.16. The van der Waals surface area contributed by atoms with Gasteiger partial charge in [0.2, 0.25) is 0 Å². The van der Waals surface area contributed by atoms with E-state index in [0.717, 1.165) is 26.3 Å². The van der Waals surface area contributed by atoms with Crippen LogP contribution >= 0.6 is 0 Å². The summed E-state index contributed by atoms with van der Waals surface area (Å²) < 4.78 is 10.5. The Bertz CT molecular complexity index is 182. The van der Waals surface area contributed by atoms with Crippen LogP contribution in [0.4, 0.5) is 0 Å². The molecule has 4 heteroatoms. The van der Waals surface area contributed by atoms with Crippen molar-refractivity contribution in [2.75, 3.05) is 53.6 Å². The van der Waals surface area contributed by atoms with Gasteiger partial charge in [-0.15, -0.1) is 0 Å². The van der Waals surface area contributed by atoms with Crippen LogP contribution in [0.15, 0.2) is 0 Å². The first-order chi connectivity index (χ1) is 8.30. The Morgan fingerprint density at radius 2 is 2.18 bits per heavy atom. The Balaban J connectivity index is 2.32. The summed E-state index contributed by atoms with van der Waals surface area (Å²) in [6.07, 6.45) is 2.60. The van der Waals surface area contributed by atoms with Crippen LogP contribution in [-0.4, -0.2) is 64.6 Å². The van der Waals surface area contributed by atoms with Gasteiger partial charge in [0.1, 0.15) is 0 Å². The predicted octanol–water partition coefficient (Wildman–Crippen LogP) is 0.969. The Labute approximate surface area is 106 Å². The molecule has 1 aliphatic rings. The summed E-state index contributed by atoms with van der Waals surface area (Å²) in [5.74, 6) is 0.707. The summed E-state index contributed by atoms with van der Waals surface area (Å²) >= 11 is 0. The van der Waals surface area contributed by atoms with Gasteiger partial charge in [0, 0.05) is 33.4 Å². The molecule has 0 aromatic heterocycles. The largest absolute Gasteiger partial charge is 0.384 e. The highest BCUT2D eigenvalue weighted by atomic mass is 16.5. The minimum Gasteiger partial charge on any atom is -0.384 e. The number of hydrogen-bond acceptors (Lipinski definition) is 4. The van der Waals surface area contributed by atoms with Crippen molar-refractivity contribution in [1.82, 2.24) is 10.2 Å². The quantitative estimate of drug-likeness (QED) is 0.690. The van der Waals surface area contributed by atoms with Crippen molar-refractivity contribution in [3.05, 3.63) is 0 Å². The zero-order chi connectivity index (χ0) is 12.5. The van der Waals surface area contributed by atoms with Crippen LogP contribution in [0.5, 0.6) is 0 Å². The standard InChI is InChI=1S/C13H28N2O2/c1-4-14-13(11-17-3)9-15-7-5-6-12(8-15)10-16-2/h12-14H,4-11H2,1-3H3. The summed E-state index contributed by atoms with van der Waals surface area (Å²) in [5.41, 5.74) is 0. The molecule has 1 aliphatic heterocycles. The third kappa shape index (κ3) is 5.82. The van der Waals surface area contributed by atoms with Crippen LogP contribution in [0.3, 0.4) is 0 Å². The van der Waals surface area contributed by atoms with Crippen LogP contribution in [-0.2, 0) is 9.47 Å². The molecular formula is C13H28N2O2. The van der Waals surface area contributed by atoms with E-state index in [4.69, 9.17) is 9.47 Å². The van der Waals surface area contributed by atoms with Crippen molar-refractivity contribution in [3.8, 4) is 0 Å². The van der Waals surface area contributed by atoms with Crippen LogP contribution in [0, 0.1) is 5.92 Å². The van der Waals surface area contributed by atoms with E-state index in [0.29, 0.717) is 12.0 Å². The number of methoxy groups -OCH3 is 2. The van der Waals surface area contributed by atoms with Gasteiger partial charge in [-0.05, 0) is 31.8 Å². The highest BCUT2D eigenvalue weighted by Gasteiger charge is 2.21. The second kappa shape index (κ2) is 8.86. The maximum absolute atomic E-state index is 5.26. The molecule has 0 aliphatic carbocycles. The zero-order valence-corrected chi connectivity index (χ0v) is 11.6. The molecule has 2 atom stereocenters.